The van der Waals surface area contributed by atoms with E-state index in [4.69, 9.17) is 16.7 Å². The molecule has 5 nitrogen and oxygen atoms in total. The summed E-state index contributed by atoms with van der Waals surface area (Å²) in [6.07, 6.45) is 1.46. The number of nitrogens with zero attached hydrogens (tertiary/aromatic N) is 1. The van der Waals surface area contributed by atoms with E-state index in [1.54, 1.807) is 18.2 Å². The van der Waals surface area contributed by atoms with Gasteiger partial charge in [-0.1, -0.05) is 23.7 Å². The number of aromatic carboxylic acids is 1. The van der Waals surface area contributed by atoms with E-state index >= 15 is 0 Å². The summed E-state index contributed by atoms with van der Waals surface area (Å²) in [5, 5.41) is 23.4. The molecule has 6 heteroatoms. The molecule has 1 aliphatic rings. The van der Waals surface area contributed by atoms with Crippen LogP contribution in [0.4, 0.5) is 5.69 Å². The van der Waals surface area contributed by atoms with Crippen molar-refractivity contribution in [3.05, 3.63) is 58.1 Å². The average molecular weight is 317 g/mol. The fourth-order valence-corrected chi connectivity index (χ4v) is 2.69. The molecule has 3 N–H and O–H groups in total. The van der Waals surface area contributed by atoms with E-state index in [0.717, 1.165) is 29.7 Å². The van der Waals surface area contributed by atoms with Gasteiger partial charge in [-0.3, -0.25) is 5.43 Å². The van der Waals surface area contributed by atoms with Crippen molar-refractivity contribution in [3.63, 3.8) is 0 Å². The van der Waals surface area contributed by atoms with E-state index in [2.05, 4.69) is 10.5 Å². The number of nitrogens with one attached hydrogen (secondary N) is 1. The third kappa shape index (κ3) is 2.63. The monoisotopic (exact) mass is 316 g/mol. The number of hydrogen-bond donors (Lipinski definition) is 3. The Labute approximate surface area is 131 Å². The van der Waals surface area contributed by atoms with Crippen LogP contribution in [0, 0.1) is 0 Å². The zero-order valence-corrected chi connectivity index (χ0v) is 12.3. The lowest BCUT2D eigenvalue weighted by Gasteiger charge is -2.06. The van der Waals surface area contributed by atoms with Crippen LogP contribution in [0.15, 0.2) is 41.5 Å². The highest BCUT2D eigenvalue weighted by Crippen LogP contribution is 2.30. The first-order valence-electron chi connectivity index (χ1n) is 6.73. The van der Waals surface area contributed by atoms with Crippen LogP contribution in [0.1, 0.15) is 27.9 Å². The number of aromatic hydroxyl groups is 1. The largest absolute Gasteiger partial charge is 0.508 e. The van der Waals surface area contributed by atoms with Gasteiger partial charge in [0.2, 0.25) is 0 Å². The van der Waals surface area contributed by atoms with Gasteiger partial charge in [0.1, 0.15) is 5.75 Å². The van der Waals surface area contributed by atoms with Crippen LogP contribution in [-0.2, 0) is 6.42 Å². The number of carboxylic acid groups (broad SMARTS) is 1. The first-order chi connectivity index (χ1) is 10.6. The second-order valence-corrected chi connectivity index (χ2v) is 5.38. The van der Waals surface area contributed by atoms with E-state index in [-0.39, 0.29) is 16.3 Å². The number of rotatable bonds is 3. The van der Waals surface area contributed by atoms with Gasteiger partial charge in [0.15, 0.2) is 0 Å². The topological polar surface area (TPSA) is 81.9 Å². The molecule has 3 rings (SSSR count). The summed E-state index contributed by atoms with van der Waals surface area (Å²) in [4.78, 5) is 11.1. The maximum atomic E-state index is 11.1. The summed E-state index contributed by atoms with van der Waals surface area (Å²) in [6.45, 7) is 0. The summed E-state index contributed by atoms with van der Waals surface area (Å²) in [5.41, 5.74) is 6.06. The van der Waals surface area contributed by atoms with Crippen LogP contribution in [-0.4, -0.2) is 21.9 Å². The molecule has 1 aliphatic carbocycles. The highest BCUT2D eigenvalue weighted by Gasteiger charge is 2.20. The third-order valence-corrected chi connectivity index (χ3v) is 3.92. The molecular formula is C16H13ClN2O3. The molecule has 2 aromatic rings. The Morgan fingerprint density at radius 1 is 1.23 bits per heavy atom. The van der Waals surface area contributed by atoms with Gasteiger partial charge < -0.3 is 10.2 Å². The lowest BCUT2D eigenvalue weighted by Crippen LogP contribution is -2.02. The minimum atomic E-state index is -1.09. The fourth-order valence-electron chi connectivity index (χ4n) is 2.49. The van der Waals surface area contributed by atoms with Gasteiger partial charge in [-0.15, -0.1) is 0 Å². The minimum Gasteiger partial charge on any atom is -0.508 e. The highest BCUT2D eigenvalue weighted by molar-refractivity contribution is 6.33. The van der Waals surface area contributed by atoms with Crippen LogP contribution in [0.2, 0.25) is 5.02 Å². The van der Waals surface area contributed by atoms with E-state index in [0.29, 0.717) is 5.69 Å². The van der Waals surface area contributed by atoms with Crippen LogP contribution >= 0.6 is 11.6 Å². The number of phenolic OH excluding ortho intramolecular Hbond substituents is 1. The van der Waals surface area contributed by atoms with E-state index in [9.17, 15) is 9.90 Å². The Kier molecular flexibility index (Phi) is 3.73. The van der Waals surface area contributed by atoms with Crippen molar-refractivity contribution in [2.75, 3.05) is 5.43 Å². The molecule has 0 aliphatic heterocycles. The quantitative estimate of drug-likeness (QED) is 0.757. The van der Waals surface area contributed by atoms with Gasteiger partial charge in [-0.2, -0.15) is 5.10 Å². The maximum Gasteiger partial charge on any atom is 0.337 e. The van der Waals surface area contributed by atoms with Crippen molar-refractivity contribution in [1.29, 1.82) is 0 Å². The van der Waals surface area contributed by atoms with Crippen molar-refractivity contribution in [2.24, 2.45) is 5.10 Å². The summed E-state index contributed by atoms with van der Waals surface area (Å²) in [5.74, 6) is -0.806. The van der Waals surface area contributed by atoms with Crippen LogP contribution in [0.25, 0.3) is 0 Å². The molecule has 0 bridgehead atoms. The Hall–Kier alpha value is -2.53. The number of carbonyl (C=O) groups is 1. The molecular weight excluding hydrogens is 304 g/mol. The van der Waals surface area contributed by atoms with Crippen molar-refractivity contribution in [3.8, 4) is 5.75 Å². The minimum absolute atomic E-state index is 0.0244. The average Bonchev–Trinajstić information content (AvgIpc) is 2.91. The number of hydrazone groups is 1. The number of halogens is 1. The standard InChI is InChI=1S/C16H13ClN2O3/c17-13-6-4-9(8-12(13)16(21)22)18-19-14-7-5-11-10(14)2-1-3-15(11)20/h1-4,6,8,18,20H,5,7H2,(H,21,22)/b19-14-. The Bertz CT molecular complexity index is 787. The lowest BCUT2D eigenvalue weighted by atomic mass is 10.1. The second kappa shape index (κ2) is 5.69. The van der Waals surface area contributed by atoms with Gasteiger partial charge in [-0.25, -0.2) is 4.79 Å². The summed E-state index contributed by atoms with van der Waals surface area (Å²) in [6, 6.07) is 9.96. The van der Waals surface area contributed by atoms with Gasteiger partial charge in [0, 0.05) is 11.1 Å². The molecule has 0 aromatic heterocycles. The Morgan fingerprint density at radius 2 is 2.05 bits per heavy atom. The Balaban J connectivity index is 1.86. The molecule has 0 fully saturated rings. The van der Waals surface area contributed by atoms with E-state index in [1.165, 1.54) is 12.1 Å². The lowest BCUT2D eigenvalue weighted by molar-refractivity contribution is 0.0697. The number of anilines is 1. The molecule has 2 aromatic carbocycles. The predicted molar refractivity (Wildman–Crippen MR) is 85.0 cm³/mol. The van der Waals surface area contributed by atoms with Gasteiger partial charge in [-0.05, 0) is 37.1 Å². The smallest absolute Gasteiger partial charge is 0.337 e. The van der Waals surface area contributed by atoms with Crippen molar-refractivity contribution in [2.45, 2.75) is 12.8 Å². The second-order valence-electron chi connectivity index (χ2n) is 4.97. The number of fused-ring (bicyclic) bond motifs is 1. The molecule has 0 heterocycles. The number of benzene rings is 2. The predicted octanol–water partition coefficient (Wildman–Crippen LogP) is 3.51. The van der Waals surface area contributed by atoms with Gasteiger partial charge in [0.05, 0.1) is 22.0 Å². The molecule has 0 radical (unpaired) electrons. The molecule has 0 amide bonds. The van der Waals surface area contributed by atoms with Crippen LogP contribution in [0.3, 0.4) is 0 Å². The number of phenols is 1. The molecule has 112 valence electrons. The fraction of sp³-hybridized carbons (Fsp3) is 0.125. The maximum absolute atomic E-state index is 11.1. The molecule has 22 heavy (non-hydrogen) atoms. The van der Waals surface area contributed by atoms with Crippen molar-refractivity contribution >= 4 is 29.0 Å². The van der Waals surface area contributed by atoms with Gasteiger partial charge >= 0.3 is 5.97 Å². The molecule has 0 spiro atoms. The van der Waals surface area contributed by atoms with Crippen LogP contribution in [0.5, 0.6) is 5.75 Å². The molecule has 0 saturated heterocycles. The normalized spacial score (nSPS) is 14.9. The summed E-state index contributed by atoms with van der Waals surface area (Å²) < 4.78 is 0. The SMILES string of the molecule is O=C(O)c1cc(N/N=C2/CCc3c(O)cccc32)ccc1Cl. The molecule has 0 atom stereocenters. The van der Waals surface area contributed by atoms with Crippen molar-refractivity contribution in [1.82, 2.24) is 0 Å². The number of hydrogen-bond acceptors (Lipinski definition) is 4. The summed E-state index contributed by atoms with van der Waals surface area (Å²) in [7, 11) is 0. The highest BCUT2D eigenvalue weighted by atomic mass is 35.5. The zero-order chi connectivity index (χ0) is 15.7. The van der Waals surface area contributed by atoms with E-state index < -0.39 is 5.97 Å². The zero-order valence-electron chi connectivity index (χ0n) is 11.5. The van der Waals surface area contributed by atoms with Crippen LogP contribution < -0.4 is 5.43 Å². The first-order valence-corrected chi connectivity index (χ1v) is 7.10. The molecule has 0 unspecified atom stereocenters. The Morgan fingerprint density at radius 3 is 2.82 bits per heavy atom. The van der Waals surface area contributed by atoms with E-state index in [1.807, 2.05) is 6.07 Å². The molecule has 0 saturated carbocycles. The summed E-state index contributed by atoms with van der Waals surface area (Å²) >= 11 is 5.83. The van der Waals surface area contributed by atoms with Gasteiger partial charge in [0.25, 0.3) is 0 Å². The first kappa shape index (κ1) is 14.4. The number of carboxylic acids is 1. The van der Waals surface area contributed by atoms with Crippen molar-refractivity contribution < 1.29 is 15.0 Å². The third-order valence-electron chi connectivity index (χ3n) is 3.59.